The highest BCUT2D eigenvalue weighted by molar-refractivity contribution is 7.86. The van der Waals surface area contributed by atoms with E-state index in [1.807, 2.05) is 24.3 Å². The Morgan fingerprint density at radius 1 is 1.21 bits per heavy atom. The number of benzene rings is 1. The average Bonchev–Trinajstić information content (AvgIpc) is 2.37. The van der Waals surface area contributed by atoms with Crippen LogP contribution in [-0.4, -0.2) is 27.9 Å². The molecule has 0 spiro atoms. The number of ether oxygens (including phenoxy) is 1. The Bertz CT molecular complexity index is 524. The molecule has 1 saturated carbocycles. The van der Waals surface area contributed by atoms with Gasteiger partial charge in [-0.3, -0.25) is 4.18 Å². The first kappa shape index (κ1) is 14.3. The van der Waals surface area contributed by atoms with Gasteiger partial charge in [0.05, 0.1) is 19.5 Å². The topological polar surface area (TPSA) is 52.6 Å². The van der Waals surface area contributed by atoms with Crippen molar-refractivity contribution >= 4 is 10.1 Å². The summed E-state index contributed by atoms with van der Waals surface area (Å²) in [4.78, 5) is 0. The number of methoxy groups -OCH3 is 1. The highest BCUT2D eigenvalue weighted by Crippen LogP contribution is 2.36. The molecule has 4 nitrogen and oxygen atoms in total. The van der Waals surface area contributed by atoms with E-state index in [0.717, 1.165) is 43.3 Å². The van der Waals surface area contributed by atoms with Crippen LogP contribution in [-0.2, 0) is 14.3 Å². The highest BCUT2D eigenvalue weighted by atomic mass is 32.2. The van der Waals surface area contributed by atoms with Gasteiger partial charge in [0.15, 0.2) is 0 Å². The van der Waals surface area contributed by atoms with Crippen LogP contribution < -0.4 is 4.74 Å². The van der Waals surface area contributed by atoms with Crippen molar-refractivity contribution in [2.45, 2.75) is 37.7 Å². The lowest BCUT2D eigenvalue weighted by atomic mass is 9.82. The average molecular weight is 284 g/mol. The predicted molar refractivity (Wildman–Crippen MR) is 73.9 cm³/mol. The van der Waals surface area contributed by atoms with E-state index in [9.17, 15) is 8.42 Å². The van der Waals surface area contributed by atoms with E-state index in [4.69, 9.17) is 8.92 Å². The second kappa shape index (κ2) is 5.92. The van der Waals surface area contributed by atoms with E-state index in [-0.39, 0.29) is 12.0 Å². The van der Waals surface area contributed by atoms with E-state index >= 15 is 0 Å². The number of hydrogen-bond acceptors (Lipinski definition) is 4. The molecule has 0 bridgehead atoms. The third-order valence-corrected chi connectivity index (χ3v) is 4.12. The van der Waals surface area contributed by atoms with Crippen molar-refractivity contribution in [3.8, 4) is 5.75 Å². The lowest BCUT2D eigenvalue weighted by Crippen LogP contribution is -2.28. The first-order chi connectivity index (χ1) is 8.99. The van der Waals surface area contributed by atoms with Crippen molar-refractivity contribution in [1.29, 1.82) is 0 Å². The smallest absolute Gasteiger partial charge is 0.264 e. The summed E-state index contributed by atoms with van der Waals surface area (Å²) in [6.07, 6.45) is 4.72. The summed E-state index contributed by atoms with van der Waals surface area (Å²) in [6, 6.07) is 7.80. The van der Waals surface area contributed by atoms with Gasteiger partial charge in [-0.15, -0.1) is 0 Å². The Labute approximate surface area is 114 Å². The Morgan fingerprint density at radius 3 is 2.63 bits per heavy atom. The molecule has 2 rings (SSSR count). The van der Waals surface area contributed by atoms with Crippen LogP contribution in [0.4, 0.5) is 0 Å². The van der Waals surface area contributed by atoms with Gasteiger partial charge in [-0.2, -0.15) is 8.42 Å². The minimum absolute atomic E-state index is 0.124. The van der Waals surface area contributed by atoms with Gasteiger partial charge in [0.1, 0.15) is 5.75 Å². The SMILES string of the molecule is COc1cccc([C@H]2CCCC[C@@H]2OS(C)(=O)=O)c1. The molecule has 2 atom stereocenters. The molecule has 0 N–H and O–H groups in total. The Balaban J connectivity index is 2.23. The minimum atomic E-state index is -3.41. The fraction of sp³-hybridized carbons (Fsp3) is 0.571. The van der Waals surface area contributed by atoms with Crippen LogP contribution in [0.3, 0.4) is 0 Å². The van der Waals surface area contributed by atoms with E-state index in [0.29, 0.717) is 0 Å². The van der Waals surface area contributed by atoms with Crippen LogP contribution in [0.1, 0.15) is 37.2 Å². The summed E-state index contributed by atoms with van der Waals surface area (Å²) in [5.41, 5.74) is 1.09. The van der Waals surface area contributed by atoms with E-state index in [1.165, 1.54) is 0 Å². The minimum Gasteiger partial charge on any atom is -0.497 e. The zero-order valence-corrected chi connectivity index (χ0v) is 12.2. The maximum atomic E-state index is 11.4. The summed E-state index contributed by atoms with van der Waals surface area (Å²) in [6.45, 7) is 0. The molecular weight excluding hydrogens is 264 g/mol. The molecule has 0 amide bonds. The van der Waals surface area contributed by atoms with E-state index < -0.39 is 10.1 Å². The van der Waals surface area contributed by atoms with Gasteiger partial charge in [-0.1, -0.05) is 25.0 Å². The van der Waals surface area contributed by atoms with Gasteiger partial charge in [-0.25, -0.2) is 0 Å². The van der Waals surface area contributed by atoms with Crippen molar-refractivity contribution in [1.82, 2.24) is 0 Å². The number of hydrogen-bond donors (Lipinski definition) is 0. The zero-order valence-electron chi connectivity index (χ0n) is 11.3. The second-order valence-electron chi connectivity index (χ2n) is 5.01. The Kier molecular flexibility index (Phi) is 4.47. The molecule has 1 aliphatic carbocycles. The largest absolute Gasteiger partial charge is 0.497 e. The highest BCUT2D eigenvalue weighted by Gasteiger charge is 2.30. The van der Waals surface area contributed by atoms with Crippen LogP contribution in [0, 0.1) is 0 Å². The predicted octanol–water partition coefficient (Wildman–Crippen LogP) is 2.70. The fourth-order valence-corrected chi connectivity index (χ4v) is 3.37. The Morgan fingerprint density at radius 2 is 1.95 bits per heavy atom. The molecule has 0 aromatic heterocycles. The molecule has 1 aromatic carbocycles. The van der Waals surface area contributed by atoms with Gasteiger partial charge in [0, 0.05) is 5.92 Å². The van der Waals surface area contributed by atoms with Crippen LogP contribution in [0.5, 0.6) is 5.75 Å². The quantitative estimate of drug-likeness (QED) is 0.798. The third kappa shape index (κ3) is 3.94. The molecule has 0 radical (unpaired) electrons. The molecule has 0 unspecified atom stereocenters. The maximum absolute atomic E-state index is 11.4. The monoisotopic (exact) mass is 284 g/mol. The van der Waals surface area contributed by atoms with Gasteiger partial charge >= 0.3 is 0 Å². The first-order valence-corrected chi connectivity index (χ1v) is 8.33. The van der Waals surface area contributed by atoms with Crippen molar-refractivity contribution in [3.05, 3.63) is 29.8 Å². The molecule has 0 saturated heterocycles. The zero-order chi connectivity index (χ0) is 13.9. The summed E-state index contributed by atoms with van der Waals surface area (Å²) in [7, 11) is -1.78. The van der Waals surface area contributed by atoms with E-state index in [2.05, 4.69) is 0 Å². The molecule has 0 heterocycles. The molecule has 5 heteroatoms. The molecular formula is C14H20O4S. The van der Waals surface area contributed by atoms with Crippen LogP contribution in [0.15, 0.2) is 24.3 Å². The van der Waals surface area contributed by atoms with Crippen LogP contribution in [0.2, 0.25) is 0 Å². The van der Waals surface area contributed by atoms with Gasteiger partial charge < -0.3 is 4.74 Å². The van der Waals surface area contributed by atoms with Crippen LogP contribution >= 0.6 is 0 Å². The number of rotatable bonds is 4. The van der Waals surface area contributed by atoms with Gasteiger partial charge in [-0.05, 0) is 30.5 Å². The third-order valence-electron chi connectivity index (χ3n) is 3.52. The summed E-state index contributed by atoms with van der Waals surface area (Å²) in [5, 5.41) is 0. The normalized spacial score (nSPS) is 24.1. The van der Waals surface area contributed by atoms with Crippen molar-refractivity contribution in [3.63, 3.8) is 0 Å². The molecule has 19 heavy (non-hydrogen) atoms. The molecule has 1 fully saturated rings. The van der Waals surface area contributed by atoms with Gasteiger partial charge in [0.2, 0.25) is 0 Å². The van der Waals surface area contributed by atoms with Crippen molar-refractivity contribution < 1.29 is 17.3 Å². The molecule has 0 aliphatic heterocycles. The molecule has 1 aliphatic rings. The summed E-state index contributed by atoms with van der Waals surface area (Å²) < 4.78 is 33.2. The first-order valence-electron chi connectivity index (χ1n) is 6.52. The van der Waals surface area contributed by atoms with E-state index in [1.54, 1.807) is 7.11 Å². The summed E-state index contributed by atoms with van der Waals surface area (Å²) in [5.74, 6) is 0.916. The fourth-order valence-electron chi connectivity index (χ4n) is 2.69. The molecule has 1 aromatic rings. The Hall–Kier alpha value is -1.07. The van der Waals surface area contributed by atoms with Crippen molar-refractivity contribution in [2.24, 2.45) is 0 Å². The van der Waals surface area contributed by atoms with Gasteiger partial charge in [0.25, 0.3) is 10.1 Å². The molecule has 106 valence electrons. The van der Waals surface area contributed by atoms with Crippen molar-refractivity contribution in [2.75, 3.05) is 13.4 Å². The maximum Gasteiger partial charge on any atom is 0.264 e. The standard InChI is InChI=1S/C14H20O4S/c1-17-12-7-5-6-11(10-12)13-8-3-4-9-14(13)18-19(2,15)16/h5-7,10,13-14H,3-4,8-9H2,1-2H3/t13-,14+/m1/s1. The second-order valence-corrected chi connectivity index (χ2v) is 6.61. The lowest BCUT2D eigenvalue weighted by Gasteiger charge is -2.31. The van der Waals surface area contributed by atoms with Crippen LogP contribution in [0.25, 0.3) is 0 Å². The summed E-state index contributed by atoms with van der Waals surface area (Å²) >= 11 is 0. The lowest BCUT2D eigenvalue weighted by molar-refractivity contribution is 0.138.